The van der Waals surface area contributed by atoms with Gasteiger partial charge in [-0.2, -0.15) is 0 Å². The average Bonchev–Trinajstić information content (AvgIpc) is 2.70. The van der Waals surface area contributed by atoms with Crippen LogP contribution < -0.4 is 10.6 Å². The van der Waals surface area contributed by atoms with E-state index >= 15 is 0 Å². The van der Waals surface area contributed by atoms with Gasteiger partial charge in [-0.3, -0.25) is 9.59 Å². The van der Waals surface area contributed by atoms with E-state index in [1.54, 1.807) is 6.92 Å². The van der Waals surface area contributed by atoms with Crippen molar-refractivity contribution in [1.82, 2.24) is 10.6 Å². The van der Waals surface area contributed by atoms with Gasteiger partial charge in [0.25, 0.3) is 5.91 Å². The summed E-state index contributed by atoms with van der Waals surface area (Å²) in [5, 5.41) is 5.38. The molecule has 4 nitrogen and oxygen atoms in total. The molecule has 1 unspecified atom stereocenters. The van der Waals surface area contributed by atoms with E-state index in [-0.39, 0.29) is 11.8 Å². The number of rotatable bonds is 5. The van der Waals surface area contributed by atoms with Crippen LogP contribution in [0.1, 0.15) is 40.9 Å². The molecule has 0 aliphatic carbocycles. The van der Waals surface area contributed by atoms with E-state index in [0.29, 0.717) is 11.4 Å². The van der Waals surface area contributed by atoms with Crippen molar-refractivity contribution in [2.24, 2.45) is 0 Å². The van der Waals surface area contributed by atoms with Gasteiger partial charge in [0.1, 0.15) is 6.04 Å². The third kappa shape index (κ3) is 3.57. The number of nitrogens with one attached hydrogen (secondary N) is 2. The second-order valence-corrected chi connectivity index (χ2v) is 5.39. The van der Waals surface area contributed by atoms with Crippen LogP contribution in [0.15, 0.2) is 6.07 Å². The molecule has 0 spiro atoms. The van der Waals surface area contributed by atoms with E-state index in [4.69, 9.17) is 0 Å². The molecule has 1 heterocycles. The Balaban J connectivity index is 2.67. The fourth-order valence-electron chi connectivity index (χ4n) is 1.64. The molecule has 0 bridgehead atoms. The number of likely N-dealkylation sites (N-methyl/N-ethyl adjacent to an activating group) is 1. The van der Waals surface area contributed by atoms with Crippen molar-refractivity contribution in [1.29, 1.82) is 0 Å². The van der Waals surface area contributed by atoms with Gasteiger partial charge in [0.2, 0.25) is 5.91 Å². The highest BCUT2D eigenvalue weighted by Gasteiger charge is 2.17. The van der Waals surface area contributed by atoms with E-state index < -0.39 is 6.04 Å². The van der Waals surface area contributed by atoms with Crippen LogP contribution in [0.25, 0.3) is 0 Å². The second kappa shape index (κ2) is 6.54. The van der Waals surface area contributed by atoms with Crippen molar-refractivity contribution in [3.63, 3.8) is 0 Å². The number of hydrogen-bond acceptors (Lipinski definition) is 3. The van der Waals surface area contributed by atoms with Crippen LogP contribution in [-0.4, -0.2) is 24.4 Å². The molecule has 2 N–H and O–H groups in total. The third-order valence-electron chi connectivity index (χ3n) is 2.72. The summed E-state index contributed by atoms with van der Waals surface area (Å²) in [6.07, 6.45) is 0.918. The van der Waals surface area contributed by atoms with Gasteiger partial charge in [-0.05, 0) is 38.8 Å². The molecule has 1 rings (SSSR count). The molecule has 0 saturated carbocycles. The van der Waals surface area contributed by atoms with Crippen LogP contribution in [0.5, 0.6) is 0 Å². The molecule has 1 atom stereocenters. The van der Waals surface area contributed by atoms with Gasteiger partial charge in [-0.15, -0.1) is 11.3 Å². The second-order valence-electron chi connectivity index (χ2n) is 4.14. The minimum absolute atomic E-state index is 0.158. The zero-order valence-electron chi connectivity index (χ0n) is 11.3. The predicted molar refractivity (Wildman–Crippen MR) is 74.0 cm³/mol. The first-order chi connectivity index (χ1) is 8.49. The van der Waals surface area contributed by atoms with Crippen LogP contribution in [0.2, 0.25) is 0 Å². The van der Waals surface area contributed by atoms with Crippen LogP contribution in [-0.2, 0) is 11.2 Å². The smallest absolute Gasteiger partial charge is 0.262 e. The van der Waals surface area contributed by atoms with Crippen molar-refractivity contribution >= 4 is 23.2 Å². The molecule has 100 valence electrons. The summed E-state index contributed by atoms with van der Waals surface area (Å²) in [6, 6.07) is 1.39. The van der Waals surface area contributed by atoms with Gasteiger partial charge >= 0.3 is 0 Å². The predicted octanol–water partition coefficient (Wildman–Crippen LogP) is 1.87. The molecule has 0 radical (unpaired) electrons. The van der Waals surface area contributed by atoms with E-state index in [1.165, 1.54) is 16.9 Å². The normalized spacial score (nSPS) is 12.0. The molecule has 0 aliphatic heterocycles. The first-order valence-corrected chi connectivity index (χ1v) is 6.99. The molecule has 18 heavy (non-hydrogen) atoms. The lowest BCUT2D eigenvalue weighted by Gasteiger charge is -2.12. The fraction of sp³-hybridized carbons (Fsp3) is 0.538. The van der Waals surface area contributed by atoms with Gasteiger partial charge in [0.15, 0.2) is 0 Å². The quantitative estimate of drug-likeness (QED) is 0.856. The van der Waals surface area contributed by atoms with Crippen LogP contribution >= 0.6 is 11.3 Å². The molecule has 2 amide bonds. The maximum absolute atomic E-state index is 12.0. The SMILES string of the molecule is CCNC(=O)C(C)NC(=O)c1cc(CC)c(C)s1. The van der Waals surface area contributed by atoms with Crippen LogP contribution in [0, 0.1) is 6.92 Å². The van der Waals surface area contributed by atoms with Crippen molar-refractivity contribution < 1.29 is 9.59 Å². The topological polar surface area (TPSA) is 58.2 Å². The van der Waals surface area contributed by atoms with E-state index in [1.807, 2.05) is 19.9 Å². The Morgan fingerprint density at radius 2 is 2.06 bits per heavy atom. The maximum atomic E-state index is 12.0. The molecule has 0 aromatic carbocycles. The summed E-state index contributed by atoms with van der Waals surface area (Å²) in [4.78, 5) is 25.3. The lowest BCUT2D eigenvalue weighted by molar-refractivity contribution is -0.122. The van der Waals surface area contributed by atoms with Crippen molar-refractivity contribution in [3.8, 4) is 0 Å². The molecule has 1 aromatic rings. The molecule has 0 saturated heterocycles. The summed E-state index contributed by atoms with van der Waals surface area (Å²) in [7, 11) is 0. The highest BCUT2D eigenvalue weighted by molar-refractivity contribution is 7.14. The first kappa shape index (κ1) is 14.7. The van der Waals surface area contributed by atoms with Gasteiger partial charge in [-0.1, -0.05) is 6.92 Å². The Bertz CT molecular complexity index is 440. The average molecular weight is 268 g/mol. The number of aryl methyl sites for hydroxylation is 2. The van der Waals surface area contributed by atoms with E-state index in [9.17, 15) is 9.59 Å². The maximum Gasteiger partial charge on any atom is 0.262 e. The minimum atomic E-state index is -0.509. The van der Waals surface area contributed by atoms with Gasteiger partial charge in [-0.25, -0.2) is 0 Å². The number of hydrogen-bond donors (Lipinski definition) is 2. The standard InChI is InChI=1S/C13H20N2O2S/c1-5-10-7-11(18-9(10)4)13(17)15-8(3)12(16)14-6-2/h7-8H,5-6H2,1-4H3,(H,14,16)(H,15,17). The van der Waals surface area contributed by atoms with Gasteiger partial charge in [0.05, 0.1) is 4.88 Å². The zero-order valence-corrected chi connectivity index (χ0v) is 12.1. The fourth-order valence-corrected chi connectivity index (χ4v) is 2.66. The Kier molecular flexibility index (Phi) is 5.34. The molecule has 0 fully saturated rings. The number of carbonyl (C=O) groups excluding carboxylic acids is 2. The van der Waals surface area contributed by atoms with Gasteiger partial charge < -0.3 is 10.6 Å². The Hall–Kier alpha value is -1.36. The highest BCUT2D eigenvalue weighted by atomic mass is 32.1. The number of thiophene rings is 1. The molecule has 5 heteroatoms. The monoisotopic (exact) mass is 268 g/mol. The zero-order chi connectivity index (χ0) is 13.7. The summed E-state index contributed by atoms with van der Waals surface area (Å²) < 4.78 is 0. The lowest BCUT2D eigenvalue weighted by Crippen LogP contribution is -2.44. The highest BCUT2D eigenvalue weighted by Crippen LogP contribution is 2.21. The number of carbonyl (C=O) groups is 2. The van der Waals surface area contributed by atoms with Crippen LogP contribution in [0.4, 0.5) is 0 Å². The van der Waals surface area contributed by atoms with Crippen molar-refractivity contribution in [2.75, 3.05) is 6.54 Å². The molecule has 1 aromatic heterocycles. The number of amides is 2. The molecular formula is C13H20N2O2S. The molecular weight excluding hydrogens is 248 g/mol. The lowest BCUT2D eigenvalue weighted by atomic mass is 10.2. The Morgan fingerprint density at radius 3 is 2.56 bits per heavy atom. The van der Waals surface area contributed by atoms with Crippen molar-refractivity contribution in [3.05, 3.63) is 21.4 Å². The van der Waals surface area contributed by atoms with Crippen molar-refractivity contribution in [2.45, 2.75) is 40.2 Å². The van der Waals surface area contributed by atoms with E-state index in [0.717, 1.165) is 11.3 Å². The summed E-state index contributed by atoms with van der Waals surface area (Å²) >= 11 is 1.47. The van der Waals surface area contributed by atoms with Gasteiger partial charge in [0, 0.05) is 11.4 Å². The Morgan fingerprint density at radius 1 is 1.39 bits per heavy atom. The third-order valence-corrected chi connectivity index (χ3v) is 3.81. The summed E-state index contributed by atoms with van der Waals surface area (Å²) in [5.74, 6) is -0.337. The van der Waals surface area contributed by atoms with Crippen LogP contribution in [0.3, 0.4) is 0 Å². The summed E-state index contributed by atoms with van der Waals surface area (Å²) in [6.45, 7) is 8.17. The van der Waals surface area contributed by atoms with E-state index in [2.05, 4.69) is 17.6 Å². The molecule has 0 aliphatic rings. The first-order valence-electron chi connectivity index (χ1n) is 6.17. The minimum Gasteiger partial charge on any atom is -0.355 e. The summed E-state index contributed by atoms with van der Waals surface area (Å²) in [5.41, 5.74) is 1.19. The largest absolute Gasteiger partial charge is 0.355 e. The Labute approximate surface area is 112 Å².